The summed E-state index contributed by atoms with van der Waals surface area (Å²) in [6.07, 6.45) is 1.99. The van der Waals surface area contributed by atoms with Crippen LogP contribution in [0.5, 0.6) is 0 Å². The van der Waals surface area contributed by atoms with E-state index in [1.54, 1.807) is 18.2 Å². The van der Waals surface area contributed by atoms with Crippen LogP contribution in [-0.2, 0) is 0 Å². The van der Waals surface area contributed by atoms with Gasteiger partial charge in [-0.1, -0.05) is 18.2 Å². The zero-order valence-electron chi connectivity index (χ0n) is 15.9. The molecule has 2 aromatic carbocycles. The van der Waals surface area contributed by atoms with Crippen molar-refractivity contribution in [1.82, 2.24) is 9.80 Å². The molecule has 4 rings (SSSR count). The van der Waals surface area contributed by atoms with Gasteiger partial charge in [0.25, 0.3) is 5.91 Å². The van der Waals surface area contributed by atoms with Crippen LogP contribution in [0, 0.1) is 11.6 Å². The van der Waals surface area contributed by atoms with Gasteiger partial charge in [-0.05, 0) is 43.2 Å². The minimum absolute atomic E-state index is 0.103. The molecule has 2 heterocycles. The topological polar surface area (TPSA) is 26.8 Å². The lowest BCUT2D eigenvalue weighted by molar-refractivity contribution is 0.0563. The number of likely N-dealkylation sites (tertiary alicyclic amines) is 1. The van der Waals surface area contributed by atoms with Gasteiger partial charge in [0.2, 0.25) is 0 Å². The molecule has 4 nitrogen and oxygen atoms in total. The van der Waals surface area contributed by atoms with Gasteiger partial charge in [0, 0.05) is 50.9 Å². The molecule has 2 aliphatic heterocycles. The molecule has 0 spiro atoms. The van der Waals surface area contributed by atoms with Gasteiger partial charge in [-0.15, -0.1) is 0 Å². The van der Waals surface area contributed by atoms with Crippen molar-refractivity contribution < 1.29 is 13.6 Å². The number of halogens is 2. The Bertz CT molecular complexity index is 836. The molecule has 1 atom stereocenters. The Hall–Kier alpha value is -2.47. The number of hydrogen-bond donors (Lipinski definition) is 0. The van der Waals surface area contributed by atoms with Crippen LogP contribution < -0.4 is 4.90 Å². The van der Waals surface area contributed by atoms with E-state index >= 15 is 0 Å². The number of para-hydroxylation sites is 1. The van der Waals surface area contributed by atoms with Crippen LogP contribution in [-0.4, -0.2) is 61.0 Å². The fraction of sp³-hybridized carbons (Fsp3) is 0.409. The van der Waals surface area contributed by atoms with Gasteiger partial charge in [0.15, 0.2) is 0 Å². The molecule has 2 aliphatic rings. The Kier molecular flexibility index (Phi) is 5.57. The van der Waals surface area contributed by atoms with Crippen molar-refractivity contribution in [3.8, 4) is 0 Å². The van der Waals surface area contributed by atoms with Crippen molar-refractivity contribution in [3.63, 3.8) is 0 Å². The van der Waals surface area contributed by atoms with Crippen molar-refractivity contribution in [2.24, 2.45) is 0 Å². The van der Waals surface area contributed by atoms with Gasteiger partial charge in [0.05, 0.1) is 5.69 Å². The lowest BCUT2D eigenvalue weighted by atomic mass is 10.0. The monoisotopic (exact) mass is 385 g/mol. The molecule has 6 heteroatoms. The molecule has 2 fully saturated rings. The highest BCUT2D eigenvalue weighted by Crippen LogP contribution is 2.23. The quantitative estimate of drug-likeness (QED) is 0.810. The average molecular weight is 385 g/mol. The van der Waals surface area contributed by atoms with Crippen LogP contribution in [0.3, 0.4) is 0 Å². The third-order valence-corrected chi connectivity index (χ3v) is 5.78. The second-order valence-electron chi connectivity index (χ2n) is 7.53. The van der Waals surface area contributed by atoms with E-state index in [-0.39, 0.29) is 17.5 Å². The first-order valence-corrected chi connectivity index (χ1v) is 9.90. The fourth-order valence-corrected chi connectivity index (χ4v) is 4.28. The second kappa shape index (κ2) is 8.27. The summed E-state index contributed by atoms with van der Waals surface area (Å²) in [7, 11) is 0. The first-order chi connectivity index (χ1) is 13.6. The zero-order valence-corrected chi connectivity index (χ0v) is 15.9. The number of nitrogens with zero attached hydrogens (tertiary/aromatic N) is 3. The number of rotatable bonds is 3. The molecule has 0 radical (unpaired) electrons. The van der Waals surface area contributed by atoms with Gasteiger partial charge in [-0.3, -0.25) is 9.69 Å². The number of carbonyl (C=O) groups is 1. The molecule has 0 aliphatic carbocycles. The molecule has 2 aromatic rings. The molecular formula is C22H25F2N3O. The van der Waals surface area contributed by atoms with Gasteiger partial charge in [-0.2, -0.15) is 0 Å². The fourth-order valence-electron chi connectivity index (χ4n) is 4.28. The van der Waals surface area contributed by atoms with Gasteiger partial charge in [0.1, 0.15) is 11.6 Å². The third kappa shape index (κ3) is 4.02. The third-order valence-electron chi connectivity index (χ3n) is 5.78. The molecule has 2 saturated heterocycles. The summed E-state index contributed by atoms with van der Waals surface area (Å²) in [4.78, 5) is 19.1. The van der Waals surface area contributed by atoms with E-state index < -0.39 is 0 Å². The molecule has 1 amide bonds. The predicted molar refractivity (Wildman–Crippen MR) is 106 cm³/mol. The second-order valence-corrected chi connectivity index (χ2v) is 7.53. The maximum atomic E-state index is 14.0. The Morgan fingerprint density at radius 2 is 1.71 bits per heavy atom. The van der Waals surface area contributed by atoms with Crippen LogP contribution >= 0.6 is 0 Å². The number of piperidine rings is 1. The van der Waals surface area contributed by atoms with E-state index in [0.717, 1.165) is 39.0 Å². The largest absolute Gasteiger partial charge is 0.367 e. The summed E-state index contributed by atoms with van der Waals surface area (Å²) in [5, 5.41) is 0. The highest BCUT2D eigenvalue weighted by molar-refractivity contribution is 5.94. The smallest absolute Gasteiger partial charge is 0.254 e. The number of benzene rings is 2. The van der Waals surface area contributed by atoms with Gasteiger partial charge in [-0.25, -0.2) is 8.78 Å². The predicted octanol–water partition coefficient (Wildman–Crippen LogP) is 3.39. The summed E-state index contributed by atoms with van der Waals surface area (Å²) >= 11 is 0. The average Bonchev–Trinajstić information content (AvgIpc) is 2.74. The normalized spacial score (nSPS) is 21.0. The van der Waals surface area contributed by atoms with E-state index in [1.165, 1.54) is 18.2 Å². The summed E-state index contributed by atoms with van der Waals surface area (Å²) in [5.41, 5.74) is 1.07. The summed E-state index contributed by atoms with van der Waals surface area (Å²) in [5.74, 6) is -0.668. The Balaban J connectivity index is 1.37. The molecule has 0 N–H and O–H groups in total. The van der Waals surface area contributed by atoms with Crippen LogP contribution in [0.2, 0.25) is 0 Å². The Labute approximate surface area is 164 Å². The number of carbonyl (C=O) groups excluding carboxylic acids is 1. The highest BCUT2D eigenvalue weighted by Gasteiger charge is 2.30. The Morgan fingerprint density at radius 3 is 2.46 bits per heavy atom. The molecule has 1 unspecified atom stereocenters. The number of hydrogen-bond acceptors (Lipinski definition) is 3. The first-order valence-electron chi connectivity index (χ1n) is 9.90. The van der Waals surface area contributed by atoms with E-state index in [1.807, 2.05) is 17.0 Å². The van der Waals surface area contributed by atoms with Crippen LogP contribution in [0.15, 0.2) is 48.5 Å². The van der Waals surface area contributed by atoms with Crippen LogP contribution in [0.1, 0.15) is 23.2 Å². The molecule has 148 valence electrons. The minimum atomic E-state index is -0.385. The SMILES string of the molecule is O=C(c1cccc(F)c1)N1CCCC(N2CCN(c3ccccc3F)CC2)C1. The van der Waals surface area contributed by atoms with E-state index in [4.69, 9.17) is 0 Å². The highest BCUT2D eigenvalue weighted by atomic mass is 19.1. The number of amides is 1. The van der Waals surface area contributed by atoms with Crippen molar-refractivity contribution in [3.05, 3.63) is 65.7 Å². The van der Waals surface area contributed by atoms with Crippen molar-refractivity contribution in [2.45, 2.75) is 18.9 Å². The van der Waals surface area contributed by atoms with Gasteiger partial charge < -0.3 is 9.80 Å². The summed E-state index contributed by atoms with van der Waals surface area (Å²) in [6, 6.07) is 13.1. The molecule has 28 heavy (non-hydrogen) atoms. The summed E-state index contributed by atoms with van der Waals surface area (Å²) in [6.45, 7) is 4.61. The maximum Gasteiger partial charge on any atom is 0.254 e. The molecule has 0 bridgehead atoms. The Morgan fingerprint density at radius 1 is 0.929 bits per heavy atom. The van der Waals surface area contributed by atoms with Gasteiger partial charge >= 0.3 is 0 Å². The van der Waals surface area contributed by atoms with Crippen LogP contribution in [0.25, 0.3) is 0 Å². The number of anilines is 1. The molecular weight excluding hydrogens is 360 g/mol. The van der Waals surface area contributed by atoms with Crippen LogP contribution in [0.4, 0.5) is 14.5 Å². The van der Waals surface area contributed by atoms with E-state index in [0.29, 0.717) is 30.4 Å². The lowest BCUT2D eigenvalue weighted by Crippen LogP contribution is -2.56. The number of piperazine rings is 1. The van der Waals surface area contributed by atoms with Crippen molar-refractivity contribution in [1.29, 1.82) is 0 Å². The summed E-state index contributed by atoms with van der Waals surface area (Å²) < 4.78 is 27.5. The van der Waals surface area contributed by atoms with E-state index in [2.05, 4.69) is 9.80 Å². The maximum absolute atomic E-state index is 14.0. The minimum Gasteiger partial charge on any atom is -0.367 e. The zero-order chi connectivity index (χ0) is 19.5. The first kappa shape index (κ1) is 18.9. The standard InChI is InChI=1S/C22H25F2N3O/c23-18-6-3-5-17(15-18)22(28)27-10-4-7-19(16-27)25-11-13-26(14-12-25)21-9-2-1-8-20(21)24/h1-3,5-6,8-9,15,19H,4,7,10-14,16H2. The lowest BCUT2D eigenvalue weighted by Gasteiger charge is -2.44. The molecule has 0 aromatic heterocycles. The van der Waals surface area contributed by atoms with Crippen molar-refractivity contribution >= 4 is 11.6 Å². The van der Waals surface area contributed by atoms with E-state index in [9.17, 15) is 13.6 Å². The molecule has 0 saturated carbocycles. The van der Waals surface area contributed by atoms with Crippen molar-refractivity contribution in [2.75, 3.05) is 44.2 Å².